The second-order valence-corrected chi connectivity index (χ2v) is 4.53. The first-order valence-corrected chi connectivity index (χ1v) is 5.87. The number of aromatic nitrogens is 1. The molecule has 4 heteroatoms. The number of halogens is 1. The van der Waals surface area contributed by atoms with Gasteiger partial charge in [0, 0.05) is 5.69 Å². The number of fused-ring (bicyclic) bond motifs is 1. The fraction of sp³-hybridized carbons (Fsp3) is 0.364. The summed E-state index contributed by atoms with van der Waals surface area (Å²) in [5.41, 5.74) is 3.01. The molecular formula is C11H8IN3. The molecule has 0 amide bonds. The third-order valence-electron chi connectivity index (χ3n) is 2.65. The molecule has 1 aromatic rings. The Hall–Kier alpha value is -1.14. The van der Waals surface area contributed by atoms with Crippen LogP contribution in [0, 0.1) is 26.4 Å². The Balaban J connectivity index is 2.73. The average Bonchev–Trinajstić information content (AvgIpc) is 2.27. The fourth-order valence-electron chi connectivity index (χ4n) is 1.94. The molecule has 0 spiro atoms. The van der Waals surface area contributed by atoms with Crippen LogP contribution in [0.2, 0.25) is 0 Å². The molecule has 0 radical (unpaired) electrons. The lowest BCUT2D eigenvalue weighted by molar-refractivity contribution is 0.664. The van der Waals surface area contributed by atoms with Crippen LogP contribution in [0.4, 0.5) is 0 Å². The molecule has 0 saturated carbocycles. The fourth-order valence-corrected chi connectivity index (χ4v) is 2.62. The van der Waals surface area contributed by atoms with E-state index in [0.717, 1.165) is 36.9 Å². The highest BCUT2D eigenvalue weighted by atomic mass is 127. The zero-order valence-electron chi connectivity index (χ0n) is 8.05. The Morgan fingerprint density at radius 2 is 1.73 bits per heavy atom. The van der Waals surface area contributed by atoms with Crippen molar-refractivity contribution in [2.45, 2.75) is 25.7 Å². The van der Waals surface area contributed by atoms with Crippen LogP contribution in [0.1, 0.15) is 35.2 Å². The number of hydrogen-bond acceptors (Lipinski definition) is 3. The van der Waals surface area contributed by atoms with Gasteiger partial charge < -0.3 is 0 Å². The van der Waals surface area contributed by atoms with Crippen molar-refractivity contribution in [2.24, 2.45) is 0 Å². The van der Waals surface area contributed by atoms with E-state index in [4.69, 9.17) is 10.5 Å². The average molecular weight is 309 g/mol. The largest absolute Gasteiger partial charge is 0.245 e. The Labute approximate surface area is 102 Å². The van der Waals surface area contributed by atoms with Crippen molar-refractivity contribution in [2.75, 3.05) is 0 Å². The van der Waals surface area contributed by atoms with Crippen molar-refractivity contribution in [3.8, 4) is 12.1 Å². The molecule has 1 aliphatic rings. The molecule has 3 nitrogen and oxygen atoms in total. The molecular weight excluding hydrogens is 301 g/mol. The van der Waals surface area contributed by atoms with E-state index < -0.39 is 0 Å². The summed E-state index contributed by atoms with van der Waals surface area (Å²) in [5, 5.41) is 18.1. The second kappa shape index (κ2) is 4.16. The summed E-state index contributed by atoms with van der Waals surface area (Å²) in [6.07, 6.45) is 4.05. The van der Waals surface area contributed by atoms with Crippen molar-refractivity contribution in [1.82, 2.24) is 4.98 Å². The van der Waals surface area contributed by atoms with E-state index >= 15 is 0 Å². The first-order chi connectivity index (χ1) is 7.27. The number of rotatable bonds is 0. The van der Waals surface area contributed by atoms with Gasteiger partial charge in [0.1, 0.15) is 21.4 Å². The SMILES string of the molecule is N#Cc1c(I)nc2c(c1C#N)CCCC2. The van der Waals surface area contributed by atoms with Gasteiger partial charge in [0.25, 0.3) is 0 Å². The van der Waals surface area contributed by atoms with Crippen LogP contribution in [-0.2, 0) is 12.8 Å². The van der Waals surface area contributed by atoms with Gasteiger partial charge in [0.15, 0.2) is 0 Å². The van der Waals surface area contributed by atoms with Gasteiger partial charge in [-0.15, -0.1) is 0 Å². The van der Waals surface area contributed by atoms with E-state index in [1.54, 1.807) is 0 Å². The number of pyridine rings is 1. The first kappa shape index (κ1) is 10.4. The third-order valence-corrected chi connectivity index (χ3v) is 3.43. The minimum absolute atomic E-state index is 0.443. The van der Waals surface area contributed by atoms with E-state index in [1.165, 1.54) is 0 Å². The molecule has 2 rings (SSSR count). The molecule has 0 bridgehead atoms. The van der Waals surface area contributed by atoms with Crippen molar-refractivity contribution in [3.05, 3.63) is 26.1 Å². The standard InChI is InChI=1S/C11H8IN3/c12-11-9(6-14)8(5-13)7-3-1-2-4-10(7)15-11/h1-4H2. The number of aryl methyl sites for hydroxylation is 1. The summed E-state index contributed by atoms with van der Waals surface area (Å²) in [6.45, 7) is 0. The minimum Gasteiger partial charge on any atom is -0.245 e. The Bertz CT molecular complexity index is 494. The monoisotopic (exact) mass is 309 g/mol. The van der Waals surface area contributed by atoms with Gasteiger partial charge in [-0.05, 0) is 53.8 Å². The molecule has 1 aromatic heterocycles. The van der Waals surface area contributed by atoms with Gasteiger partial charge in [-0.25, -0.2) is 4.98 Å². The number of nitrogens with zero attached hydrogens (tertiary/aromatic N) is 3. The van der Waals surface area contributed by atoms with Gasteiger partial charge in [0.05, 0.1) is 5.56 Å². The van der Waals surface area contributed by atoms with Gasteiger partial charge in [0.2, 0.25) is 0 Å². The molecule has 0 fully saturated rings. The van der Waals surface area contributed by atoms with Crippen molar-refractivity contribution in [3.63, 3.8) is 0 Å². The van der Waals surface area contributed by atoms with E-state index in [0.29, 0.717) is 14.8 Å². The lowest BCUT2D eigenvalue weighted by Crippen LogP contribution is -2.11. The highest BCUT2D eigenvalue weighted by Crippen LogP contribution is 2.27. The highest BCUT2D eigenvalue weighted by Gasteiger charge is 2.20. The zero-order chi connectivity index (χ0) is 10.8. The summed E-state index contributed by atoms with van der Waals surface area (Å²) < 4.78 is 0.660. The normalized spacial score (nSPS) is 13.8. The quantitative estimate of drug-likeness (QED) is 0.546. The van der Waals surface area contributed by atoms with E-state index in [2.05, 4.69) is 17.1 Å². The Morgan fingerprint density at radius 3 is 2.40 bits per heavy atom. The van der Waals surface area contributed by atoms with Crippen LogP contribution in [0.3, 0.4) is 0 Å². The molecule has 0 aliphatic heterocycles. The van der Waals surface area contributed by atoms with Crippen molar-refractivity contribution in [1.29, 1.82) is 10.5 Å². The van der Waals surface area contributed by atoms with E-state index in [-0.39, 0.29) is 0 Å². The summed E-state index contributed by atoms with van der Waals surface area (Å²) in [5.74, 6) is 0. The molecule has 0 saturated heterocycles. The Morgan fingerprint density at radius 1 is 1.07 bits per heavy atom. The van der Waals surface area contributed by atoms with Gasteiger partial charge in [-0.1, -0.05) is 0 Å². The topological polar surface area (TPSA) is 60.5 Å². The summed E-state index contributed by atoms with van der Waals surface area (Å²) in [4.78, 5) is 4.41. The van der Waals surface area contributed by atoms with Gasteiger partial charge >= 0.3 is 0 Å². The maximum Gasteiger partial charge on any atom is 0.120 e. The maximum absolute atomic E-state index is 9.10. The molecule has 0 N–H and O–H groups in total. The first-order valence-electron chi connectivity index (χ1n) is 4.79. The van der Waals surface area contributed by atoms with Crippen LogP contribution in [0.15, 0.2) is 0 Å². The molecule has 0 aromatic carbocycles. The lowest BCUT2D eigenvalue weighted by Gasteiger charge is -2.17. The molecule has 0 unspecified atom stereocenters. The molecule has 15 heavy (non-hydrogen) atoms. The van der Waals surface area contributed by atoms with Crippen molar-refractivity contribution < 1.29 is 0 Å². The second-order valence-electron chi connectivity index (χ2n) is 3.51. The zero-order valence-corrected chi connectivity index (χ0v) is 10.2. The smallest absolute Gasteiger partial charge is 0.120 e. The summed E-state index contributed by atoms with van der Waals surface area (Å²) in [6, 6.07) is 4.22. The highest BCUT2D eigenvalue weighted by molar-refractivity contribution is 14.1. The lowest BCUT2D eigenvalue weighted by atomic mass is 9.91. The molecule has 0 atom stereocenters. The predicted octanol–water partition coefficient (Wildman–Crippen LogP) is 2.31. The van der Waals surface area contributed by atoms with Crippen LogP contribution in [0.5, 0.6) is 0 Å². The molecule has 1 aliphatic carbocycles. The van der Waals surface area contributed by atoms with Crippen LogP contribution in [-0.4, -0.2) is 4.98 Å². The molecule has 1 heterocycles. The van der Waals surface area contributed by atoms with E-state index in [9.17, 15) is 0 Å². The van der Waals surface area contributed by atoms with Gasteiger partial charge in [-0.2, -0.15) is 10.5 Å². The van der Waals surface area contributed by atoms with Crippen LogP contribution >= 0.6 is 22.6 Å². The third kappa shape index (κ3) is 1.70. The van der Waals surface area contributed by atoms with E-state index in [1.807, 2.05) is 22.6 Å². The van der Waals surface area contributed by atoms with Crippen LogP contribution in [0.25, 0.3) is 0 Å². The minimum atomic E-state index is 0.443. The predicted molar refractivity (Wildman–Crippen MR) is 63.0 cm³/mol. The number of hydrogen-bond donors (Lipinski definition) is 0. The summed E-state index contributed by atoms with van der Waals surface area (Å²) in [7, 11) is 0. The van der Waals surface area contributed by atoms with Crippen LogP contribution < -0.4 is 0 Å². The van der Waals surface area contributed by atoms with Crippen molar-refractivity contribution >= 4 is 22.6 Å². The maximum atomic E-state index is 9.10. The Kier molecular flexibility index (Phi) is 2.88. The molecule has 74 valence electrons. The summed E-state index contributed by atoms with van der Waals surface area (Å²) >= 11 is 2.03. The number of nitriles is 2. The van der Waals surface area contributed by atoms with Gasteiger partial charge in [-0.3, -0.25) is 0 Å².